The maximum atomic E-state index is 14.3. The summed E-state index contributed by atoms with van der Waals surface area (Å²) >= 11 is 14.1. The lowest BCUT2D eigenvalue weighted by atomic mass is 9.80. The summed E-state index contributed by atoms with van der Waals surface area (Å²) in [6.45, 7) is 0.615. The fourth-order valence-electron chi connectivity index (χ4n) is 3.85. The number of nitrogens with one attached hydrogen (secondary N) is 1. The average molecular weight is 478 g/mol. The highest BCUT2D eigenvalue weighted by Crippen LogP contribution is 2.46. The topological polar surface area (TPSA) is 55.4 Å². The minimum Gasteiger partial charge on any atom is -0.384 e. The zero-order valence-electron chi connectivity index (χ0n) is 16.0. The molecule has 1 aliphatic heterocycles. The summed E-state index contributed by atoms with van der Waals surface area (Å²) in [6.07, 6.45) is 3.41. The van der Waals surface area contributed by atoms with Gasteiger partial charge in [0.2, 0.25) is 0 Å². The Kier molecular flexibility index (Phi) is 7.38. The van der Waals surface area contributed by atoms with Crippen molar-refractivity contribution in [2.75, 3.05) is 31.0 Å². The van der Waals surface area contributed by atoms with Crippen LogP contribution in [0.2, 0.25) is 10.0 Å². The van der Waals surface area contributed by atoms with Crippen LogP contribution in [0.3, 0.4) is 0 Å². The highest BCUT2D eigenvalue weighted by Gasteiger charge is 2.33. The molecule has 0 radical (unpaired) electrons. The summed E-state index contributed by atoms with van der Waals surface area (Å²) in [7, 11) is -3.56. The molecule has 158 valence electrons. The average Bonchev–Trinajstić information content (AvgIpc) is 3.02. The summed E-state index contributed by atoms with van der Waals surface area (Å²) in [5.41, 5.74) is 3.58. The summed E-state index contributed by atoms with van der Waals surface area (Å²) in [5.74, 6) is 0.167. The monoisotopic (exact) mass is 477 g/mol. The van der Waals surface area contributed by atoms with Crippen molar-refractivity contribution in [2.45, 2.75) is 24.0 Å². The van der Waals surface area contributed by atoms with E-state index in [2.05, 4.69) is 5.32 Å². The molecule has 2 atom stereocenters. The number of rotatable bonds is 8. The third kappa shape index (κ3) is 5.58. The first-order valence-corrected chi connectivity index (χ1v) is 13.0. The van der Waals surface area contributed by atoms with Gasteiger partial charge in [0, 0.05) is 33.9 Å². The Bertz CT molecular complexity index is 1000. The van der Waals surface area contributed by atoms with Crippen LogP contribution in [0.5, 0.6) is 0 Å². The van der Waals surface area contributed by atoms with Gasteiger partial charge in [-0.15, -0.1) is 0 Å². The first-order valence-electron chi connectivity index (χ1n) is 9.04. The summed E-state index contributed by atoms with van der Waals surface area (Å²) < 4.78 is 42.1. The van der Waals surface area contributed by atoms with Crippen molar-refractivity contribution in [3.05, 3.63) is 62.9 Å². The molecule has 0 amide bonds. The smallest absolute Gasteiger partial charge is 0.264 e. The number of anilines is 1. The zero-order chi connectivity index (χ0) is 21.2. The molecular weight excluding hydrogens is 456 g/mol. The van der Waals surface area contributed by atoms with Crippen molar-refractivity contribution in [1.29, 1.82) is 0 Å². The van der Waals surface area contributed by atoms with Crippen LogP contribution in [0.1, 0.15) is 34.9 Å². The number of benzene rings is 2. The molecular formula is C20H22Cl2FNO3S2. The third-order valence-corrected chi connectivity index (χ3v) is 6.74. The van der Waals surface area contributed by atoms with Gasteiger partial charge in [-0.2, -0.15) is 20.2 Å². The van der Waals surface area contributed by atoms with E-state index >= 15 is 0 Å². The van der Waals surface area contributed by atoms with E-state index in [9.17, 15) is 12.8 Å². The first kappa shape index (κ1) is 22.7. The van der Waals surface area contributed by atoms with E-state index in [0.29, 0.717) is 28.8 Å². The van der Waals surface area contributed by atoms with Crippen LogP contribution in [0, 0.1) is 5.82 Å². The Labute approximate surface area is 185 Å². The van der Waals surface area contributed by atoms with Crippen molar-refractivity contribution in [1.82, 2.24) is 0 Å². The second-order valence-electron chi connectivity index (χ2n) is 7.04. The quantitative estimate of drug-likeness (QED) is 0.497. The fraction of sp³-hybridized carbons (Fsp3) is 0.400. The van der Waals surface area contributed by atoms with E-state index in [0.717, 1.165) is 28.6 Å². The van der Waals surface area contributed by atoms with Gasteiger partial charge in [-0.1, -0.05) is 29.3 Å². The van der Waals surface area contributed by atoms with E-state index in [1.807, 2.05) is 12.3 Å². The molecule has 1 heterocycles. The molecule has 0 saturated carbocycles. The largest absolute Gasteiger partial charge is 0.384 e. The summed E-state index contributed by atoms with van der Waals surface area (Å²) in [6, 6.07) is 8.37. The second-order valence-corrected chi connectivity index (χ2v) is 10.4. The number of fused-ring (bicyclic) bond motifs is 1. The van der Waals surface area contributed by atoms with Crippen LogP contribution < -0.4 is 5.32 Å². The molecule has 0 bridgehead atoms. The Hall–Kier alpha value is -0.990. The van der Waals surface area contributed by atoms with Gasteiger partial charge in [0.1, 0.15) is 5.82 Å². The second kappa shape index (κ2) is 9.43. The van der Waals surface area contributed by atoms with Crippen molar-refractivity contribution < 1.29 is 17.0 Å². The molecule has 3 rings (SSSR count). The standard InChI is InChI=1S/C20H22Cl2FNO3S2/c1-28-11-12-7-14(23)9-17-18(10-24-20(12)17)15(5-6-27-29(2,25)26)16-4-3-13(21)8-19(16)22/h3-4,7-9,15,18,24H,5-6,10-11H2,1-2H3. The van der Waals surface area contributed by atoms with Crippen molar-refractivity contribution >= 4 is 50.8 Å². The van der Waals surface area contributed by atoms with E-state index in [4.69, 9.17) is 27.4 Å². The van der Waals surface area contributed by atoms with E-state index in [-0.39, 0.29) is 24.3 Å². The molecule has 2 unspecified atom stereocenters. The van der Waals surface area contributed by atoms with Gasteiger partial charge in [-0.3, -0.25) is 4.18 Å². The molecule has 0 fully saturated rings. The molecule has 4 nitrogen and oxygen atoms in total. The molecule has 29 heavy (non-hydrogen) atoms. The molecule has 2 aromatic carbocycles. The highest BCUT2D eigenvalue weighted by atomic mass is 35.5. The molecule has 9 heteroatoms. The van der Waals surface area contributed by atoms with Crippen LogP contribution >= 0.6 is 35.0 Å². The molecule has 0 aromatic heterocycles. The summed E-state index contributed by atoms with van der Waals surface area (Å²) in [4.78, 5) is 0. The molecule has 0 spiro atoms. The lowest BCUT2D eigenvalue weighted by Gasteiger charge is -2.25. The van der Waals surface area contributed by atoms with Crippen LogP contribution in [-0.4, -0.2) is 34.1 Å². The predicted molar refractivity (Wildman–Crippen MR) is 119 cm³/mol. The number of hydrogen-bond acceptors (Lipinski definition) is 5. The molecule has 0 saturated heterocycles. The number of thioether (sulfide) groups is 1. The first-order chi connectivity index (χ1) is 13.7. The zero-order valence-corrected chi connectivity index (χ0v) is 19.2. The molecule has 1 aliphatic rings. The Morgan fingerprint density at radius 3 is 2.72 bits per heavy atom. The van der Waals surface area contributed by atoms with E-state index < -0.39 is 10.1 Å². The normalized spacial score (nSPS) is 17.1. The predicted octanol–water partition coefficient (Wildman–Crippen LogP) is 5.65. The Morgan fingerprint density at radius 1 is 1.31 bits per heavy atom. The van der Waals surface area contributed by atoms with Crippen molar-refractivity contribution in [3.8, 4) is 0 Å². The van der Waals surface area contributed by atoms with Crippen LogP contribution in [0.15, 0.2) is 30.3 Å². The number of halogens is 3. The van der Waals surface area contributed by atoms with E-state index in [1.54, 1.807) is 36.0 Å². The summed E-state index contributed by atoms with van der Waals surface area (Å²) in [5, 5.41) is 4.42. The van der Waals surface area contributed by atoms with Gasteiger partial charge in [-0.25, -0.2) is 4.39 Å². The number of hydrogen-bond donors (Lipinski definition) is 1. The van der Waals surface area contributed by atoms with Gasteiger partial charge in [0.15, 0.2) is 0 Å². The van der Waals surface area contributed by atoms with Gasteiger partial charge >= 0.3 is 0 Å². The SMILES string of the molecule is CSCc1cc(F)cc2c1NCC2C(CCOS(C)(=O)=O)c1ccc(Cl)cc1Cl. The maximum absolute atomic E-state index is 14.3. The molecule has 2 aromatic rings. The molecule has 1 N–H and O–H groups in total. The Balaban J connectivity index is 2.00. The van der Waals surface area contributed by atoms with Gasteiger partial charge in [0.05, 0.1) is 12.9 Å². The van der Waals surface area contributed by atoms with Gasteiger partial charge in [0.25, 0.3) is 10.1 Å². The minimum absolute atomic E-state index is 0.0152. The van der Waals surface area contributed by atoms with Crippen molar-refractivity contribution in [3.63, 3.8) is 0 Å². The van der Waals surface area contributed by atoms with Crippen LogP contribution in [0.4, 0.5) is 10.1 Å². The Morgan fingerprint density at radius 2 is 2.07 bits per heavy atom. The maximum Gasteiger partial charge on any atom is 0.264 e. The van der Waals surface area contributed by atoms with Crippen LogP contribution in [-0.2, 0) is 20.1 Å². The molecule has 0 aliphatic carbocycles. The lowest BCUT2D eigenvalue weighted by molar-refractivity contribution is 0.296. The lowest BCUT2D eigenvalue weighted by Crippen LogP contribution is -2.17. The van der Waals surface area contributed by atoms with E-state index in [1.165, 1.54) is 0 Å². The highest BCUT2D eigenvalue weighted by molar-refractivity contribution is 7.97. The van der Waals surface area contributed by atoms with Crippen molar-refractivity contribution in [2.24, 2.45) is 0 Å². The fourth-order valence-corrected chi connectivity index (χ4v) is 5.33. The third-order valence-electron chi connectivity index (χ3n) is 4.99. The minimum atomic E-state index is -3.56. The van der Waals surface area contributed by atoms with Crippen LogP contribution in [0.25, 0.3) is 0 Å². The van der Waals surface area contributed by atoms with Gasteiger partial charge < -0.3 is 5.32 Å². The van der Waals surface area contributed by atoms with Gasteiger partial charge in [-0.05, 0) is 59.6 Å².